The van der Waals surface area contributed by atoms with E-state index in [-0.39, 0.29) is 0 Å². The Kier molecular flexibility index (Phi) is 6.95. The van der Waals surface area contributed by atoms with Gasteiger partial charge in [0.05, 0.1) is 0 Å². The molecule has 0 aromatic carbocycles. The number of hydrogen-bond donors (Lipinski definition) is 1. The van der Waals surface area contributed by atoms with Gasteiger partial charge in [-0.05, 0) is 45.7 Å². The SMILES string of the molecule is CCOCc1nc(C)c(CCCNC(C)C)c(C)n1. The van der Waals surface area contributed by atoms with Gasteiger partial charge in [0.2, 0.25) is 0 Å². The summed E-state index contributed by atoms with van der Waals surface area (Å²) in [7, 11) is 0. The van der Waals surface area contributed by atoms with Gasteiger partial charge in [-0.25, -0.2) is 9.97 Å². The Labute approximate surface area is 117 Å². The lowest BCUT2D eigenvalue weighted by Crippen LogP contribution is -2.24. The van der Waals surface area contributed by atoms with Crippen molar-refractivity contribution in [2.75, 3.05) is 13.2 Å². The molecule has 0 atom stereocenters. The molecule has 1 rings (SSSR count). The van der Waals surface area contributed by atoms with Crippen molar-refractivity contribution in [2.24, 2.45) is 0 Å². The Hall–Kier alpha value is -1.00. The summed E-state index contributed by atoms with van der Waals surface area (Å²) in [6.07, 6.45) is 2.15. The van der Waals surface area contributed by atoms with Crippen molar-refractivity contribution in [3.8, 4) is 0 Å². The third kappa shape index (κ3) is 5.66. The lowest BCUT2D eigenvalue weighted by atomic mass is 10.1. The second-order valence-electron chi connectivity index (χ2n) is 5.14. The molecule has 0 unspecified atom stereocenters. The molecule has 0 amide bonds. The predicted octanol–water partition coefficient (Wildman–Crippen LogP) is 2.56. The molecule has 0 aliphatic carbocycles. The zero-order valence-electron chi connectivity index (χ0n) is 12.9. The Morgan fingerprint density at radius 1 is 1.16 bits per heavy atom. The molecule has 108 valence electrons. The molecule has 1 heterocycles. The van der Waals surface area contributed by atoms with Gasteiger partial charge >= 0.3 is 0 Å². The molecule has 0 saturated heterocycles. The van der Waals surface area contributed by atoms with Crippen LogP contribution in [0, 0.1) is 13.8 Å². The van der Waals surface area contributed by atoms with Gasteiger partial charge in [0.25, 0.3) is 0 Å². The van der Waals surface area contributed by atoms with E-state index in [4.69, 9.17) is 4.74 Å². The van der Waals surface area contributed by atoms with Gasteiger partial charge in [0, 0.05) is 24.0 Å². The third-order valence-corrected chi connectivity index (χ3v) is 3.06. The smallest absolute Gasteiger partial charge is 0.154 e. The number of nitrogens with one attached hydrogen (secondary N) is 1. The molecule has 4 nitrogen and oxygen atoms in total. The first-order valence-corrected chi connectivity index (χ1v) is 7.18. The summed E-state index contributed by atoms with van der Waals surface area (Å²) < 4.78 is 5.36. The van der Waals surface area contributed by atoms with Gasteiger partial charge in [-0.15, -0.1) is 0 Å². The number of nitrogens with zero attached hydrogens (tertiary/aromatic N) is 2. The van der Waals surface area contributed by atoms with Crippen molar-refractivity contribution >= 4 is 0 Å². The maximum atomic E-state index is 5.36. The van der Waals surface area contributed by atoms with Gasteiger partial charge in [-0.3, -0.25) is 0 Å². The average molecular weight is 265 g/mol. The molecule has 1 aromatic heterocycles. The van der Waals surface area contributed by atoms with E-state index in [1.54, 1.807) is 0 Å². The van der Waals surface area contributed by atoms with Crippen LogP contribution in [0.25, 0.3) is 0 Å². The molecule has 1 N–H and O–H groups in total. The Bertz CT molecular complexity index is 368. The minimum absolute atomic E-state index is 0.507. The van der Waals surface area contributed by atoms with Crippen LogP contribution in [-0.4, -0.2) is 29.2 Å². The lowest BCUT2D eigenvalue weighted by Gasteiger charge is -2.12. The molecule has 19 heavy (non-hydrogen) atoms. The first-order valence-electron chi connectivity index (χ1n) is 7.18. The van der Waals surface area contributed by atoms with E-state index in [1.165, 1.54) is 5.56 Å². The van der Waals surface area contributed by atoms with Crippen LogP contribution in [0.4, 0.5) is 0 Å². The van der Waals surface area contributed by atoms with E-state index in [2.05, 4.69) is 43.0 Å². The van der Waals surface area contributed by atoms with Crippen molar-refractivity contribution in [2.45, 2.75) is 60.1 Å². The first kappa shape index (κ1) is 16.1. The second kappa shape index (κ2) is 8.23. The zero-order valence-corrected chi connectivity index (χ0v) is 12.9. The number of rotatable bonds is 8. The van der Waals surface area contributed by atoms with Crippen LogP contribution in [0.2, 0.25) is 0 Å². The quantitative estimate of drug-likeness (QED) is 0.734. The van der Waals surface area contributed by atoms with Gasteiger partial charge < -0.3 is 10.1 Å². The fourth-order valence-corrected chi connectivity index (χ4v) is 2.08. The number of aromatic nitrogens is 2. The van der Waals surface area contributed by atoms with Gasteiger partial charge in [-0.2, -0.15) is 0 Å². The van der Waals surface area contributed by atoms with E-state index in [9.17, 15) is 0 Å². The van der Waals surface area contributed by atoms with Gasteiger partial charge in [0.15, 0.2) is 5.82 Å². The highest BCUT2D eigenvalue weighted by Gasteiger charge is 2.08. The van der Waals surface area contributed by atoms with Crippen molar-refractivity contribution in [3.05, 3.63) is 22.8 Å². The summed E-state index contributed by atoms with van der Waals surface area (Å²) in [6, 6.07) is 0.548. The fourth-order valence-electron chi connectivity index (χ4n) is 2.08. The summed E-state index contributed by atoms with van der Waals surface area (Å²) in [5.74, 6) is 0.793. The molecule has 0 fully saturated rings. The van der Waals surface area contributed by atoms with Crippen molar-refractivity contribution in [3.63, 3.8) is 0 Å². The summed E-state index contributed by atoms with van der Waals surface area (Å²) in [5, 5.41) is 3.43. The minimum Gasteiger partial charge on any atom is -0.374 e. The zero-order chi connectivity index (χ0) is 14.3. The molecular weight excluding hydrogens is 238 g/mol. The number of ether oxygens (including phenoxy) is 1. The summed E-state index contributed by atoms with van der Waals surface area (Å²) >= 11 is 0. The maximum absolute atomic E-state index is 5.36. The Morgan fingerprint density at radius 3 is 2.32 bits per heavy atom. The predicted molar refractivity (Wildman–Crippen MR) is 78.3 cm³/mol. The third-order valence-electron chi connectivity index (χ3n) is 3.06. The van der Waals surface area contributed by atoms with Crippen LogP contribution >= 0.6 is 0 Å². The van der Waals surface area contributed by atoms with Crippen molar-refractivity contribution in [1.82, 2.24) is 15.3 Å². The molecule has 0 aliphatic rings. The molecule has 4 heteroatoms. The monoisotopic (exact) mass is 265 g/mol. The number of hydrogen-bond acceptors (Lipinski definition) is 4. The first-order chi connectivity index (χ1) is 9.04. The van der Waals surface area contributed by atoms with Crippen molar-refractivity contribution < 1.29 is 4.74 Å². The van der Waals surface area contributed by atoms with E-state index in [1.807, 2.05) is 6.92 Å². The molecule has 1 aromatic rings. The molecule has 0 radical (unpaired) electrons. The molecular formula is C15H27N3O. The van der Waals surface area contributed by atoms with Crippen LogP contribution in [0.3, 0.4) is 0 Å². The highest BCUT2D eigenvalue weighted by Crippen LogP contribution is 2.13. The van der Waals surface area contributed by atoms with E-state index in [0.29, 0.717) is 19.3 Å². The fraction of sp³-hybridized carbons (Fsp3) is 0.733. The highest BCUT2D eigenvalue weighted by molar-refractivity contribution is 5.24. The van der Waals surface area contributed by atoms with E-state index >= 15 is 0 Å². The van der Waals surface area contributed by atoms with Crippen molar-refractivity contribution in [1.29, 1.82) is 0 Å². The maximum Gasteiger partial charge on any atom is 0.154 e. The van der Waals surface area contributed by atoms with Gasteiger partial charge in [0.1, 0.15) is 6.61 Å². The molecule has 0 bridgehead atoms. The normalized spacial score (nSPS) is 11.3. The molecule has 0 spiro atoms. The lowest BCUT2D eigenvalue weighted by molar-refractivity contribution is 0.128. The van der Waals surface area contributed by atoms with Crippen LogP contribution in [0.1, 0.15) is 50.0 Å². The average Bonchev–Trinajstić information content (AvgIpc) is 2.34. The van der Waals surface area contributed by atoms with E-state index < -0.39 is 0 Å². The Morgan fingerprint density at radius 2 is 1.79 bits per heavy atom. The van der Waals surface area contributed by atoms with Crippen LogP contribution in [0.15, 0.2) is 0 Å². The second-order valence-corrected chi connectivity index (χ2v) is 5.14. The number of aryl methyl sites for hydroxylation is 2. The molecule has 0 aliphatic heterocycles. The topological polar surface area (TPSA) is 47.0 Å². The minimum atomic E-state index is 0.507. The largest absolute Gasteiger partial charge is 0.374 e. The van der Waals surface area contributed by atoms with Gasteiger partial charge in [-0.1, -0.05) is 13.8 Å². The summed E-state index contributed by atoms with van der Waals surface area (Å²) in [5.41, 5.74) is 3.46. The van der Waals surface area contributed by atoms with E-state index in [0.717, 1.165) is 36.6 Å². The van der Waals surface area contributed by atoms with Crippen LogP contribution in [0.5, 0.6) is 0 Å². The molecule has 0 saturated carbocycles. The summed E-state index contributed by atoms with van der Waals surface area (Å²) in [4.78, 5) is 9.06. The van der Waals surface area contributed by atoms with Crippen LogP contribution in [-0.2, 0) is 17.8 Å². The Balaban J connectivity index is 2.58. The highest BCUT2D eigenvalue weighted by atomic mass is 16.5. The summed E-state index contributed by atoms with van der Waals surface area (Å²) in [6.45, 7) is 12.7. The standard InChI is InChI=1S/C15H27N3O/c1-6-19-10-15-17-12(4)14(13(5)18-15)8-7-9-16-11(2)3/h11,16H,6-10H2,1-5H3. The van der Waals surface area contributed by atoms with Crippen LogP contribution < -0.4 is 5.32 Å².